The van der Waals surface area contributed by atoms with E-state index in [1.54, 1.807) is 26.0 Å². The number of aryl methyl sites for hydroxylation is 2. The summed E-state index contributed by atoms with van der Waals surface area (Å²) in [7, 11) is 0. The summed E-state index contributed by atoms with van der Waals surface area (Å²) in [6, 6.07) is 10.0. The number of halogens is 3. The SMILES string of the molecule is CCOC(=O)C=Cc1ccc(OCc2nn(-c3ccc(C(F)(F)F)cc3)nc2C)cc1C. The Morgan fingerprint density at radius 1 is 1.09 bits per heavy atom. The number of carbonyl (C=O) groups is 1. The van der Waals surface area contributed by atoms with E-state index in [1.807, 2.05) is 19.1 Å². The molecule has 0 aliphatic heterocycles. The molecule has 0 atom stereocenters. The van der Waals surface area contributed by atoms with Gasteiger partial charge in [-0.3, -0.25) is 0 Å². The highest BCUT2D eigenvalue weighted by Crippen LogP contribution is 2.29. The van der Waals surface area contributed by atoms with Gasteiger partial charge in [-0.15, -0.1) is 5.10 Å². The van der Waals surface area contributed by atoms with Gasteiger partial charge >= 0.3 is 12.1 Å². The van der Waals surface area contributed by atoms with Gasteiger partial charge in [0, 0.05) is 6.08 Å². The third-order valence-electron chi connectivity index (χ3n) is 4.61. The third-order valence-corrected chi connectivity index (χ3v) is 4.61. The summed E-state index contributed by atoms with van der Waals surface area (Å²) < 4.78 is 48.9. The molecular weight excluding hydrogens is 423 g/mol. The lowest BCUT2D eigenvalue weighted by molar-refractivity contribution is -0.138. The quantitative estimate of drug-likeness (QED) is 0.376. The number of esters is 1. The fourth-order valence-electron chi connectivity index (χ4n) is 2.87. The molecule has 0 fully saturated rings. The minimum absolute atomic E-state index is 0.143. The number of hydrogen-bond donors (Lipinski definition) is 0. The van der Waals surface area contributed by atoms with Crippen LogP contribution in [0.2, 0.25) is 0 Å². The Morgan fingerprint density at radius 2 is 1.81 bits per heavy atom. The second-order valence-corrected chi connectivity index (χ2v) is 6.96. The topological polar surface area (TPSA) is 66.2 Å². The Kier molecular flexibility index (Phi) is 6.97. The Hall–Kier alpha value is -3.62. The van der Waals surface area contributed by atoms with E-state index in [-0.39, 0.29) is 6.61 Å². The molecule has 0 bridgehead atoms. The standard InChI is InChI=1S/C23H22F3N3O3/c1-4-31-22(30)12-6-17-5-11-20(13-15(17)2)32-14-21-16(3)27-29(28-21)19-9-7-18(8-10-19)23(24,25)26/h5-13H,4,14H2,1-3H3. The summed E-state index contributed by atoms with van der Waals surface area (Å²) in [6.07, 6.45) is -1.35. The van der Waals surface area contributed by atoms with Gasteiger partial charge in [0.25, 0.3) is 0 Å². The number of aromatic nitrogens is 3. The average molecular weight is 445 g/mol. The lowest BCUT2D eigenvalue weighted by atomic mass is 10.1. The second kappa shape index (κ2) is 9.67. The first-order valence-electron chi connectivity index (χ1n) is 9.86. The highest BCUT2D eigenvalue weighted by atomic mass is 19.4. The lowest BCUT2D eigenvalue weighted by Gasteiger charge is -2.08. The van der Waals surface area contributed by atoms with Crippen molar-refractivity contribution in [3.8, 4) is 11.4 Å². The van der Waals surface area contributed by atoms with E-state index >= 15 is 0 Å². The predicted octanol–water partition coefficient (Wildman–Crippen LogP) is 5.06. The molecular formula is C23H22F3N3O3. The van der Waals surface area contributed by atoms with Gasteiger partial charge in [0.15, 0.2) is 0 Å². The molecule has 32 heavy (non-hydrogen) atoms. The maximum atomic E-state index is 12.7. The zero-order valence-corrected chi connectivity index (χ0v) is 17.8. The molecule has 3 aromatic rings. The third kappa shape index (κ3) is 5.75. The van der Waals surface area contributed by atoms with Crippen LogP contribution in [0, 0.1) is 13.8 Å². The summed E-state index contributed by atoms with van der Waals surface area (Å²) in [5, 5.41) is 8.59. The molecule has 1 heterocycles. The number of alkyl halides is 3. The minimum atomic E-state index is -4.40. The number of nitrogens with zero attached hydrogens (tertiary/aromatic N) is 3. The van der Waals surface area contributed by atoms with Crippen LogP contribution in [0.4, 0.5) is 13.2 Å². The van der Waals surface area contributed by atoms with Crippen LogP contribution in [-0.4, -0.2) is 27.6 Å². The molecule has 0 saturated carbocycles. The first-order valence-corrected chi connectivity index (χ1v) is 9.86. The second-order valence-electron chi connectivity index (χ2n) is 6.96. The first kappa shape index (κ1) is 23.1. The van der Waals surface area contributed by atoms with E-state index < -0.39 is 17.7 Å². The van der Waals surface area contributed by atoms with E-state index in [1.165, 1.54) is 23.0 Å². The van der Waals surface area contributed by atoms with Crippen molar-refractivity contribution in [1.82, 2.24) is 15.0 Å². The molecule has 0 radical (unpaired) electrons. The Bertz CT molecular complexity index is 1120. The normalized spacial score (nSPS) is 11.7. The van der Waals surface area contributed by atoms with Gasteiger partial charge in [0.1, 0.15) is 18.1 Å². The molecule has 3 rings (SSSR count). The van der Waals surface area contributed by atoms with Crippen molar-refractivity contribution in [1.29, 1.82) is 0 Å². The number of benzene rings is 2. The first-order chi connectivity index (χ1) is 15.2. The van der Waals surface area contributed by atoms with E-state index in [9.17, 15) is 18.0 Å². The smallest absolute Gasteiger partial charge is 0.416 e. The summed E-state index contributed by atoms with van der Waals surface area (Å²) in [5.41, 5.74) is 2.62. The van der Waals surface area contributed by atoms with Crippen molar-refractivity contribution in [2.24, 2.45) is 0 Å². The fourth-order valence-corrected chi connectivity index (χ4v) is 2.87. The van der Waals surface area contributed by atoms with E-state index in [0.717, 1.165) is 23.3 Å². The predicted molar refractivity (Wildman–Crippen MR) is 112 cm³/mol. The van der Waals surface area contributed by atoms with Crippen LogP contribution in [0.15, 0.2) is 48.5 Å². The monoisotopic (exact) mass is 445 g/mol. The van der Waals surface area contributed by atoms with Crippen molar-refractivity contribution >= 4 is 12.0 Å². The number of carbonyl (C=O) groups excluding carboxylic acids is 1. The molecule has 0 amide bonds. The van der Waals surface area contributed by atoms with Crippen molar-refractivity contribution in [3.05, 3.63) is 76.6 Å². The molecule has 0 spiro atoms. The molecule has 6 nitrogen and oxygen atoms in total. The zero-order chi connectivity index (χ0) is 23.3. The molecule has 9 heteroatoms. The van der Waals surface area contributed by atoms with E-state index in [2.05, 4.69) is 10.2 Å². The molecule has 168 valence electrons. The van der Waals surface area contributed by atoms with Crippen LogP contribution in [0.25, 0.3) is 11.8 Å². The van der Waals surface area contributed by atoms with E-state index in [0.29, 0.717) is 29.4 Å². The molecule has 0 N–H and O–H groups in total. The van der Waals surface area contributed by atoms with Crippen molar-refractivity contribution in [2.45, 2.75) is 33.6 Å². The van der Waals surface area contributed by atoms with Gasteiger partial charge in [-0.1, -0.05) is 6.07 Å². The lowest BCUT2D eigenvalue weighted by Crippen LogP contribution is -2.06. The van der Waals surface area contributed by atoms with Crippen LogP contribution < -0.4 is 4.74 Å². The number of hydrogen-bond acceptors (Lipinski definition) is 5. The molecule has 0 unspecified atom stereocenters. The van der Waals surface area contributed by atoms with Gasteiger partial charge in [-0.2, -0.15) is 23.1 Å². The summed E-state index contributed by atoms with van der Waals surface area (Å²) in [4.78, 5) is 12.7. The molecule has 1 aromatic heterocycles. The number of ether oxygens (including phenoxy) is 2. The maximum absolute atomic E-state index is 12.7. The summed E-state index contributed by atoms with van der Waals surface area (Å²) in [5.74, 6) is 0.207. The Balaban J connectivity index is 1.67. The molecule has 0 saturated heterocycles. The highest BCUT2D eigenvalue weighted by molar-refractivity contribution is 5.87. The van der Waals surface area contributed by atoms with Crippen LogP contribution in [-0.2, 0) is 22.3 Å². The van der Waals surface area contributed by atoms with Crippen LogP contribution in [0.3, 0.4) is 0 Å². The van der Waals surface area contributed by atoms with Crippen molar-refractivity contribution < 1.29 is 27.4 Å². The maximum Gasteiger partial charge on any atom is 0.416 e. The molecule has 0 aliphatic rings. The van der Waals surface area contributed by atoms with Crippen molar-refractivity contribution in [3.63, 3.8) is 0 Å². The van der Waals surface area contributed by atoms with Gasteiger partial charge in [0.2, 0.25) is 0 Å². The van der Waals surface area contributed by atoms with E-state index in [4.69, 9.17) is 9.47 Å². The van der Waals surface area contributed by atoms with Gasteiger partial charge < -0.3 is 9.47 Å². The van der Waals surface area contributed by atoms with Gasteiger partial charge in [-0.25, -0.2) is 4.79 Å². The van der Waals surface area contributed by atoms with Gasteiger partial charge in [-0.05, 0) is 74.4 Å². The van der Waals surface area contributed by atoms with Crippen LogP contribution in [0.1, 0.15) is 35.0 Å². The van der Waals surface area contributed by atoms with Crippen molar-refractivity contribution in [2.75, 3.05) is 6.61 Å². The Labute approximate surface area is 183 Å². The summed E-state index contributed by atoms with van der Waals surface area (Å²) >= 11 is 0. The Morgan fingerprint density at radius 3 is 2.44 bits per heavy atom. The average Bonchev–Trinajstić information content (AvgIpc) is 3.12. The van der Waals surface area contributed by atoms with Crippen LogP contribution >= 0.6 is 0 Å². The van der Waals surface area contributed by atoms with Gasteiger partial charge in [0.05, 0.1) is 23.6 Å². The van der Waals surface area contributed by atoms with Crippen LogP contribution in [0.5, 0.6) is 5.75 Å². The number of rotatable bonds is 7. The minimum Gasteiger partial charge on any atom is -0.487 e. The fraction of sp³-hybridized carbons (Fsp3) is 0.261. The zero-order valence-electron chi connectivity index (χ0n) is 17.8. The highest BCUT2D eigenvalue weighted by Gasteiger charge is 2.30. The largest absolute Gasteiger partial charge is 0.487 e. The summed E-state index contributed by atoms with van der Waals surface area (Å²) in [6.45, 7) is 5.85. The molecule has 2 aromatic carbocycles. The molecule has 0 aliphatic carbocycles.